The van der Waals surface area contributed by atoms with Crippen LogP contribution in [-0.4, -0.2) is 48.0 Å². The van der Waals surface area contributed by atoms with Crippen LogP contribution in [-0.2, 0) is 4.79 Å². The van der Waals surface area contributed by atoms with Gasteiger partial charge in [-0.1, -0.05) is 26.0 Å². The van der Waals surface area contributed by atoms with Crippen molar-refractivity contribution in [3.8, 4) is 11.6 Å². The van der Waals surface area contributed by atoms with Crippen LogP contribution in [0.1, 0.15) is 35.9 Å². The van der Waals surface area contributed by atoms with Gasteiger partial charge in [-0.05, 0) is 30.5 Å². The van der Waals surface area contributed by atoms with Gasteiger partial charge in [-0.15, -0.1) is 11.8 Å². The molecule has 0 saturated heterocycles. The molecule has 1 aliphatic heterocycles. The first kappa shape index (κ1) is 20.5. The van der Waals surface area contributed by atoms with E-state index in [4.69, 9.17) is 9.84 Å². The Labute approximate surface area is 189 Å². The summed E-state index contributed by atoms with van der Waals surface area (Å²) in [4.78, 5) is 28.5. The van der Waals surface area contributed by atoms with Crippen molar-refractivity contribution in [2.45, 2.75) is 26.0 Å². The van der Waals surface area contributed by atoms with Crippen LogP contribution in [0.5, 0.6) is 5.75 Å². The van der Waals surface area contributed by atoms with E-state index in [0.29, 0.717) is 41.1 Å². The maximum absolute atomic E-state index is 12.6. The van der Waals surface area contributed by atoms with E-state index in [-0.39, 0.29) is 11.2 Å². The molecule has 3 aromatic heterocycles. The number of amides is 1. The van der Waals surface area contributed by atoms with E-state index in [2.05, 4.69) is 51.2 Å². The minimum absolute atomic E-state index is 0.0593. The van der Waals surface area contributed by atoms with Gasteiger partial charge in [-0.25, -0.2) is 15.0 Å². The summed E-state index contributed by atoms with van der Waals surface area (Å²) in [5.74, 6) is 2.73. The Balaban J connectivity index is 1.58. The van der Waals surface area contributed by atoms with Gasteiger partial charge in [0.05, 0.1) is 29.6 Å². The summed E-state index contributed by atoms with van der Waals surface area (Å²) < 4.78 is 7.50. The Morgan fingerprint density at radius 3 is 2.81 bits per heavy atom. The topological polar surface area (TPSA) is 111 Å². The minimum Gasteiger partial charge on any atom is -0.493 e. The number of H-pyrrole nitrogens is 1. The van der Waals surface area contributed by atoms with Crippen LogP contribution in [0.2, 0.25) is 0 Å². The number of hydrogen-bond acceptors (Lipinski definition) is 7. The first-order valence-electron chi connectivity index (χ1n) is 10.4. The Kier molecular flexibility index (Phi) is 5.30. The summed E-state index contributed by atoms with van der Waals surface area (Å²) in [5.41, 5.74) is 4.07. The zero-order valence-electron chi connectivity index (χ0n) is 18.0. The molecule has 1 aliphatic rings. The summed E-state index contributed by atoms with van der Waals surface area (Å²) in [6, 6.07) is 8.08. The number of nitrogens with zero attached hydrogens (tertiary/aromatic N) is 5. The van der Waals surface area contributed by atoms with Crippen molar-refractivity contribution in [2.75, 3.05) is 17.7 Å². The number of fused-ring (bicyclic) bond motifs is 2. The lowest BCUT2D eigenvalue weighted by Gasteiger charge is -2.16. The van der Waals surface area contributed by atoms with Crippen molar-refractivity contribution in [1.29, 1.82) is 0 Å². The quantitative estimate of drug-likeness (QED) is 0.478. The molecular formula is C22H23N7O2S. The molecule has 32 heavy (non-hydrogen) atoms. The van der Waals surface area contributed by atoms with Crippen LogP contribution in [0.4, 0.5) is 5.82 Å². The van der Waals surface area contributed by atoms with E-state index >= 15 is 0 Å². The van der Waals surface area contributed by atoms with Crippen LogP contribution in [0.15, 0.2) is 36.9 Å². The highest BCUT2D eigenvalue weighted by atomic mass is 32.2. The van der Waals surface area contributed by atoms with Crippen molar-refractivity contribution in [2.24, 2.45) is 5.92 Å². The number of aromatic amines is 1. The Hall–Kier alpha value is -3.40. The van der Waals surface area contributed by atoms with Gasteiger partial charge in [0.25, 0.3) is 0 Å². The summed E-state index contributed by atoms with van der Waals surface area (Å²) in [7, 11) is 0. The van der Waals surface area contributed by atoms with E-state index in [1.54, 1.807) is 22.8 Å². The van der Waals surface area contributed by atoms with Gasteiger partial charge in [-0.3, -0.25) is 4.79 Å². The molecule has 10 heteroatoms. The number of ether oxygens (including phenoxy) is 1. The number of rotatable bonds is 5. The molecular weight excluding hydrogens is 426 g/mol. The van der Waals surface area contributed by atoms with Crippen molar-refractivity contribution in [3.63, 3.8) is 0 Å². The fourth-order valence-corrected chi connectivity index (χ4v) is 4.90. The average Bonchev–Trinajstić information content (AvgIpc) is 3.33. The summed E-state index contributed by atoms with van der Waals surface area (Å²) in [5, 5.41) is 7.71. The molecule has 0 bridgehead atoms. The third-order valence-electron chi connectivity index (χ3n) is 5.18. The number of carbonyl (C=O) groups excluding carboxylic acids is 1. The number of imidazole rings is 1. The number of nitrogens with one attached hydrogen (secondary N) is 2. The second kappa shape index (κ2) is 8.27. The third kappa shape index (κ3) is 3.70. The maximum atomic E-state index is 12.6. The highest BCUT2D eigenvalue weighted by Gasteiger charge is 2.31. The third-order valence-corrected chi connectivity index (χ3v) is 6.45. The van der Waals surface area contributed by atoms with Gasteiger partial charge in [0.2, 0.25) is 5.91 Å². The van der Waals surface area contributed by atoms with E-state index < -0.39 is 0 Å². The van der Waals surface area contributed by atoms with Crippen LogP contribution in [0.25, 0.3) is 17.0 Å². The monoisotopic (exact) mass is 449 g/mol. The Morgan fingerprint density at radius 1 is 1.22 bits per heavy atom. The number of thioether (sulfide) groups is 1. The van der Waals surface area contributed by atoms with Crippen LogP contribution in [0, 0.1) is 12.8 Å². The second-order valence-electron chi connectivity index (χ2n) is 8.07. The number of aromatic nitrogens is 6. The first-order valence-corrected chi connectivity index (χ1v) is 11.4. The SMILES string of the molecule is Cc1nn(-c2ncnc3nc[nH]c23)c2c1[C@@H](c1ccc(OCC(C)C)cc1)SCC(=O)N2. The van der Waals surface area contributed by atoms with Gasteiger partial charge in [0.15, 0.2) is 11.5 Å². The van der Waals surface area contributed by atoms with Crippen LogP contribution in [0.3, 0.4) is 0 Å². The zero-order valence-corrected chi connectivity index (χ0v) is 18.8. The molecule has 5 rings (SSSR count). The zero-order chi connectivity index (χ0) is 22.2. The molecule has 0 aliphatic carbocycles. The molecule has 0 fully saturated rings. The predicted octanol–water partition coefficient (Wildman–Crippen LogP) is 3.66. The first-order chi connectivity index (χ1) is 15.5. The number of hydrogen-bond donors (Lipinski definition) is 2. The van der Waals surface area contributed by atoms with E-state index in [9.17, 15) is 4.79 Å². The molecule has 164 valence electrons. The fourth-order valence-electron chi connectivity index (χ4n) is 3.71. The average molecular weight is 450 g/mol. The molecule has 4 heterocycles. The lowest BCUT2D eigenvalue weighted by atomic mass is 10.0. The Bertz CT molecular complexity index is 1280. The summed E-state index contributed by atoms with van der Waals surface area (Å²) >= 11 is 1.58. The molecule has 4 aromatic rings. The van der Waals surface area contributed by atoms with Crippen molar-refractivity contribution < 1.29 is 9.53 Å². The minimum atomic E-state index is -0.0771. The van der Waals surface area contributed by atoms with Gasteiger partial charge >= 0.3 is 0 Å². The number of aryl methyl sites for hydroxylation is 1. The molecule has 1 atom stereocenters. The molecule has 0 spiro atoms. The number of anilines is 1. The molecule has 1 amide bonds. The van der Waals surface area contributed by atoms with Gasteiger partial charge in [0.1, 0.15) is 23.4 Å². The summed E-state index contributed by atoms with van der Waals surface area (Å²) in [6.07, 6.45) is 3.01. The number of carbonyl (C=O) groups is 1. The molecule has 0 saturated carbocycles. The fraction of sp³-hybridized carbons (Fsp3) is 0.318. The standard InChI is InChI=1S/C22H23N7O2S/c1-12(2)8-31-15-6-4-14(5-7-15)19-17-13(3)28-29(21(17)27-16(30)9-32-19)22-18-20(24-10-23-18)25-11-26-22/h4-7,10-12,19H,8-9H2,1-3H3,(H,27,30)(H,23,24,25,26)/t19-/m1/s1. The summed E-state index contributed by atoms with van der Waals surface area (Å²) in [6.45, 7) is 6.87. The largest absolute Gasteiger partial charge is 0.493 e. The van der Waals surface area contributed by atoms with Gasteiger partial charge in [0, 0.05) is 5.56 Å². The smallest absolute Gasteiger partial charge is 0.235 e. The Morgan fingerprint density at radius 2 is 2.03 bits per heavy atom. The van der Waals surface area contributed by atoms with Crippen molar-refractivity contribution in [3.05, 3.63) is 53.7 Å². The number of benzene rings is 1. The lowest BCUT2D eigenvalue weighted by molar-refractivity contribution is -0.113. The predicted molar refractivity (Wildman–Crippen MR) is 123 cm³/mol. The van der Waals surface area contributed by atoms with Gasteiger partial charge < -0.3 is 15.0 Å². The van der Waals surface area contributed by atoms with E-state index in [1.165, 1.54) is 6.33 Å². The van der Waals surface area contributed by atoms with Gasteiger partial charge in [-0.2, -0.15) is 9.78 Å². The normalized spacial score (nSPS) is 16.1. The second-order valence-corrected chi connectivity index (χ2v) is 9.16. The van der Waals surface area contributed by atoms with Crippen molar-refractivity contribution in [1.82, 2.24) is 29.7 Å². The molecule has 9 nitrogen and oxygen atoms in total. The molecule has 0 unspecified atom stereocenters. The van der Waals surface area contributed by atoms with E-state index in [1.807, 2.05) is 19.1 Å². The highest BCUT2D eigenvalue weighted by molar-refractivity contribution is 8.00. The lowest BCUT2D eigenvalue weighted by Crippen LogP contribution is -2.16. The molecule has 1 aromatic carbocycles. The maximum Gasteiger partial charge on any atom is 0.235 e. The van der Waals surface area contributed by atoms with E-state index in [0.717, 1.165) is 22.6 Å². The molecule has 0 radical (unpaired) electrons. The van der Waals surface area contributed by atoms with Crippen LogP contribution < -0.4 is 10.1 Å². The highest BCUT2D eigenvalue weighted by Crippen LogP contribution is 2.44. The van der Waals surface area contributed by atoms with Crippen molar-refractivity contribution >= 4 is 34.7 Å². The van der Waals surface area contributed by atoms with Crippen LogP contribution >= 0.6 is 11.8 Å². The molecule has 2 N–H and O–H groups in total.